The van der Waals surface area contributed by atoms with Crippen molar-refractivity contribution >= 4 is 21.9 Å². The number of ether oxygens (including phenoxy) is 1. The number of unbranched alkanes of at least 4 members (excludes halogenated alkanes) is 1. The molecule has 0 radical (unpaired) electrons. The normalized spacial score (nSPS) is 15.4. The average molecular weight is 343 g/mol. The van der Waals surface area contributed by atoms with Crippen LogP contribution in [0.4, 0.5) is 0 Å². The van der Waals surface area contributed by atoms with Crippen molar-refractivity contribution in [1.29, 1.82) is 0 Å². The lowest BCUT2D eigenvalue weighted by molar-refractivity contribution is -0.155. The summed E-state index contributed by atoms with van der Waals surface area (Å²) < 4.78 is 5.84. The Morgan fingerprint density at radius 3 is 2.50 bits per heavy atom. The minimum absolute atomic E-state index is 0.333. The third-order valence-corrected chi connectivity index (χ3v) is 4.09. The summed E-state index contributed by atoms with van der Waals surface area (Å²) in [5, 5.41) is 10.7. The molecule has 0 fully saturated rings. The maximum absolute atomic E-state index is 11.9. The van der Waals surface area contributed by atoms with Crippen molar-refractivity contribution in [3.63, 3.8) is 0 Å². The van der Waals surface area contributed by atoms with Gasteiger partial charge in [0.25, 0.3) is 0 Å². The van der Waals surface area contributed by atoms with Gasteiger partial charge in [0.15, 0.2) is 0 Å². The molecule has 4 heteroatoms. The summed E-state index contributed by atoms with van der Waals surface area (Å²) in [7, 11) is 1.37. The minimum atomic E-state index is -1.10. The second-order valence-corrected chi connectivity index (χ2v) is 6.29. The van der Waals surface area contributed by atoms with Crippen LogP contribution in [0.3, 0.4) is 0 Å². The van der Waals surface area contributed by atoms with E-state index in [0.717, 1.165) is 22.9 Å². The molecule has 2 atom stereocenters. The molecule has 0 aliphatic carbocycles. The van der Waals surface area contributed by atoms with Crippen molar-refractivity contribution in [3.05, 3.63) is 34.3 Å². The summed E-state index contributed by atoms with van der Waals surface area (Å²) >= 11 is 3.39. The van der Waals surface area contributed by atoms with E-state index in [9.17, 15) is 9.90 Å². The first-order valence-electron chi connectivity index (χ1n) is 6.95. The highest BCUT2D eigenvalue weighted by atomic mass is 79.9. The van der Waals surface area contributed by atoms with E-state index < -0.39 is 11.5 Å². The predicted octanol–water partition coefficient (Wildman–Crippen LogP) is 3.72. The molecular formula is C16H23BrO3. The molecule has 2 unspecified atom stereocenters. The number of aliphatic hydroxyl groups is 1. The molecule has 0 saturated heterocycles. The Hall–Kier alpha value is -0.870. The van der Waals surface area contributed by atoms with Gasteiger partial charge < -0.3 is 9.84 Å². The van der Waals surface area contributed by atoms with Crippen LogP contribution in [0.2, 0.25) is 0 Å². The van der Waals surface area contributed by atoms with E-state index in [-0.39, 0.29) is 5.97 Å². The number of esters is 1. The number of benzene rings is 1. The third-order valence-electron chi connectivity index (χ3n) is 3.56. The smallest absolute Gasteiger partial charge is 0.311 e. The van der Waals surface area contributed by atoms with Crippen LogP contribution in [0.15, 0.2) is 28.7 Å². The standard InChI is InChI=1S/C16H23BrO3/c1-4-5-6-14(15(18)20-3)16(2,19)11-12-7-9-13(17)10-8-12/h7-10,14,19H,4-6,11H2,1-3H3. The lowest BCUT2D eigenvalue weighted by Crippen LogP contribution is -2.42. The van der Waals surface area contributed by atoms with Crippen molar-refractivity contribution in [2.75, 3.05) is 7.11 Å². The maximum atomic E-state index is 11.9. The van der Waals surface area contributed by atoms with Gasteiger partial charge in [-0.1, -0.05) is 47.8 Å². The number of carbonyl (C=O) groups excluding carboxylic acids is 1. The van der Waals surface area contributed by atoms with E-state index in [1.165, 1.54) is 7.11 Å². The molecule has 0 aliphatic rings. The maximum Gasteiger partial charge on any atom is 0.311 e. The molecule has 0 bridgehead atoms. The molecule has 0 aliphatic heterocycles. The second kappa shape index (κ2) is 7.79. The first-order valence-corrected chi connectivity index (χ1v) is 7.74. The Kier molecular flexibility index (Phi) is 6.69. The van der Waals surface area contributed by atoms with Crippen LogP contribution in [-0.2, 0) is 16.0 Å². The minimum Gasteiger partial charge on any atom is -0.469 e. The Balaban J connectivity index is 2.85. The van der Waals surface area contributed by atoms with Gasteiger partial charge in [0.05, 0.1) is 18.6 Å². The molecule has 1 rings (SSSR count). The van der Waals surface area contributed by atoms with E-state index in [4.69, 9.17) is 4.74 Å². The highest BCUT2D eigenvalue weighted by molar-refractivity contribution is 9.10. The molecule has 0 aromatic heterocycles. The molecule has 112 valence electrons. The van der Waals surface area contributed by atoms with Gasteiger partial charge in [0, 0.05) is 10.9 Å². The van der Waals surface area contributed by atoms with Crippen LogP contribution in [-0.4, -0.2) is 23.8 Å². The van der Waals surface area contributed by atoms with Gasteiger partial charge in [-0.05, 0) is 31.0 Å². The summed E-state index contributed by atoms with van der Waals surface area (Å²) in [4.78, 5) is 11.9. The number of rotatable bonds is 7. The van der Waals surface area contributed by atoms with Crippen LogP contribution < -0.4 is 0 Å². The van der Waals surface area contributed by atoms with Crippen molar-refractivity contribution < 1.29 is 14.6 Å². The van der Waals surface area contributed by atoms with Crippen molar-refractivity contribution in [2.45, 2.75) is 45.1 Å². The molecule has 3 nitrogen and oxygen atoms in total. The highest BCUT2D eigenvalue weighted by Gasteiger charge is 2.37. The van der Waals surface area contributed by atoms with Gasteiger partial charge in [0.2, 0.25) is 0 Å². The summed E-state index contributed by atoms with van der Waals surface area (Å²) in [6, 6.07) is 7.77. The second-order valence-electron chi connectivity index (χ2n) is 5.38. The zero-order valence-corrected chi connectivity index (χ0v) is 13.9. The van der Waals surface area contributed by atoms with Gasteiger partial charge in [-0.2, -0.15) is 0 Å². The third kappa shape index (κ3) is 4.91. The lowest BCUT2D eigenvalue weighted by Gasteiger charge is -2.31. The number of carbonyl (C=O) groups is 1. The fourth-order valence-corrected chi connectivity index (χ4v) is 2.64. The van der Waals surface area contributed by atoms with Crippen molar-refractivity contribution in [3.8, 4) is 0 Å². The fourth-order valence-electron chi connectivity index (χ4n) is 2.37. The lowest BCUT2D eigenvalue weighted by atomic mass is 9.81. The number of halogens is 1. The van der Waals surface area contributed by atoms with E-state index in [1.54, 1.807) is 6.92 Å². The topological polar surface area (TPSA) is 46.5 Å². The molecule has 1 N–H and O–H groups in total. The van der Waals surface area contributed by atoms with Crippen LogP contribution in [0.1, 0.15) is 38.7 Å². The van der Waals surface area contributed by atoms with Crippen LogP contribution >= 0.6 is 15.9 Å². The molecule has 1 aromatic carbocycles. The Morgan fingerprint density at radius 2 is 2.00 bits per heavy atom. The van der Waals surface area contributed by atoms with Gasteiger partial charge in [-0.3, -0.25) is 4.79 Å². The summed E-state index contributed by atoms with van der Waals surface area (Å²) in [5.74, 6) is -0.823. The monoisotopic (exact) mass is 342 g/mol. The number of hydrogen-bond donors (Lipinski definition) is 1. The van der Waals surface area contributed by atoms with Crippen LogP contribution in [0.25, 0.3) is 0 Å². The van der Waals surface area contributed by atoms with Gasteiger partial charge in [0.1, 0.15) is 0 Å². The summed E-state index contributed by atoms with van der Waals surface area (Å²) in [5.41, 5.74) is -0.0978. The first-order chi connectivity index (χ1) is 9.40. The van der Waals surface area contributed by atoms with Crippen molar-refractivity contribution in [1.82, 2.24) is 0 Å². The molecule has 0 spiro atoms. The van der Waals surface area contributed by atoms with E-state index in [1.807, 2.05) is 24.3 Å². The fraction of sp³-hybridized carbons (Fsp3) is 0.562. The average Bonchev–Trinajstić information content (AvgIpc) is 2.41. The molecule has 0 heterocycles. The molecule has 0 amide bonds. The van der Waals surface area contributed by atoms with E-state index >= 15 is 0 Å². The summed E-state index contributed by atoms with van der Waals surface area (Å²) in [6.07, 6.45) is 2.97. The SMILES string of the molecule is CCCCC(C(=O)OC)C(C)(O)Cc1ccc(Br)cc1. The molecule has 0 saturated carbocycles. The van der Waals surface area contributed by atoms with Gasteiger partial charge >= 0.3 is 5.97 Å². The molecule has 1 aromatic rings. The number of hydrogen-bond acceptors (Lipinski definition) is 3. The quantitative estimate of drug-likeness (QED) is 0.768. The molecule has 20 heavy (non-hydrogen) atoms. The predicted molar refractivity (Wildman–Crippen MR) is 83.5 cm³/mol. The summed E-state index contributed by atoms with van der Waals surface area (Å²) in [6.45, 7) is 3.78. The van der Waals surface area contributed by atoms with Gasteiger partial charge in [-0.25, -0.2) is 0 Å². The van der Waals surface area contributed by atoms with Gasteiger partial charge in [-0.15, -0.1) is 0 Å². The van der Waals surface area contributed by atoms with E-state index in [0.29, 0.717) is 12.8 Å². The first kappa shape index (κ1) is 17.2. The Morgan fingerprint density at radius 1 is 1.40 bits per heavy atom. The highest BCUT2D eigenvalue weighted by Crippen LogP contribution is 2.28. The Bertz CT molecular complexity index is 426. The zero-order valence-electron chi connectivity index (χ0n) is 12.4. The van der Waals surface area contributed by atoms with Crippen molar-refractivity contribution in [2.24, 2.45) is 5.92 Å². The number of methoxy groups -OCH3 is 1. The van der Waals surface area contributed by atoms with Crippen LogP contribution in [0.5, 0.6) is 0 Å². The van der Waals surface area contributed by atoms with Crippen LogP contribution in [0, 0.1) is 5.92 Å². The zero-order chi connectivity index (χ0) is 15.2. The largest absolute Gasteiger partial charge is 0.469 e. The Labute approximate surface area is 129 Å². The van der Waals surface area contributed by atoms with E-state index in [2.05, 4.69) is 22.9 Å². The molecular weight excluding hydrogens is 320 g/mol.